The summed E-state index contributed by atoms with van der Waals surface area (Å²) in [4.78, 5) is 27.9. The van der Waals surface area contributed by atoms with Crippen molar-refractivity contribution in [3.8, 4) is 0 Å². The van der Waals surface area contributed by atoms with Crippen molar-refractivity contribution < 1.29 is 9.59 Å². The van der Waals surface area contributed by atoms with Gasteiger partial charge in [0.2, 0.25) is 11.8 Å². The fourth-order valence-corrected chi connectivity index (χ4v) is 2.83. The van der Waals surface area contributed by atoms with Crippen molar-refractivity contribution >= 4 is 22.6 Å². The first-order valence-corrected chi connectivity index (χ1v) is 8.68. The van der Waals surface area contributed by atoms with Gasteiger partial charge in [0.15, 0.2) is 0 Å². The lowest BCUT2D eigenvalue weighted by Gasteiger charge is -2.09. The zero-order valence-electron chi connectivity index (χ0n) is 14.5. The molecule has 0 radical (unpaired) electrons. The predicted octanol–water partition coefficient (Wildman–Crippen LogP) is 1.90. The third-order valence-corrected chi connectivity index (χ3v) is 4.15. The van der Waals surface area contributed by atoms with Crippen LogP contribution >= 0.6 is 0 Å². The van der Waals surface area contributed by atoms with Crippen molar-refractivity contribution in [1.29, 1.82) is 0 Å². The molecule has 0 aliphatic rings. The molecule has 1 aromatic heterocycles. The summed E-state index contributed by atoms with van der Waals surface area (Å²) in [6, 6.07) is 13.9. The van der Waals surface area contributed by atoms with E-state index in [1.807, 2.05) is 53.2 Å². The first-order valence-electron chi connectivity index (χ1n) is 8.68. The number of rotatable bonds is 8. The third-order valence-electron chi connectivity index (χ3n) is 4.15. The van der Waals surface area contributed by atoms with Gasteiger partial charge in [0.1, 0.15) is 0 Å². The molecule has 2 amide bonds. The lowest BCUT2D eigenvalue weighted by Crippen LogP contribution is -2.38. The van der Waals surface area contributed by atoms with E-state index in [2.05, 4.69) is 15.6 Å². The number of nitrogens with zero attached hydrogens (tertiary/aromatic N) is 2. The van der Waals surface area contributed by atoms with Crippen LogP contribution in [0.3, 0.4) is 0 Å². The van der Waals surface area contributed by atoms with E-state index in [0.717, 1.165) is 29.3 Å². The van der Waals surface area contributed by atoms with Gasteiger partial charge >= 0.3 is 0 Å². The smallest absolute Gasteiger partial charge is 0.239 e. The SMILES string of the molecule is O=C(CNC(=O)Cc1cccc2ccccc12)NCCCn1ccnc1. The van der Waals surface area contributed by atoms with Crippen molar-refractivity contribution in [3.63, 3.8) is 0 Å². The summed E-state index contributed by atoms with van der Waals surface area (Å²) in [5.41, 5.74) is 0.960. The Hall–Kier alpha value is -3.15. The zero-order chi connectivity index (χ0) is 18.2. The number of carbonyl (C=O) groups excluding carboxylic acids is 2. The van der Waals surface area contributed by atoms with Crippen molar-refractivity contribution in [3.05, 3.63) is 66.7 Å². The lowest BCUT2D eigenvalue weighted by atomic mass is 10.0. The molecule has 0 atom stereocenters. The van der Waals surface area contributed by atoms with Gasteiger partial charge in [-0.25, -0.2) is 4.98 Å². The maximum Gasteiger partial charge on any atom is 0.239 e. The fraction of sp³-hybridized carbons (Fsp3) is 0.250. The van der Waals surface area contributed by atoms with Crippen molar-refractivity contribution in [2.45, 2.75) is 19.4 Å². The van der Waals surface area contributed by atoms with Gasteiger partial charge in [-0.05, 0) is 22.8 Å². The minimum Gasteiger partial charge on any atom is -0.355 e. The molecule has 0 saturated heterocycles. The number of nitrogens with one attached hydrogen (secondary N) is 2. The Labute approximate surface area is 152 Å². The molecular weight excluding hydrogens is 328 g/mol. The molecule has 2 N–H and O–H groups in total. The fourth-order valence-electron chi connectivity index (χ4n) is 2.83. The quantitative estimate of drug-likeness (QED) is 0.609. The van der Waals surface area contributed by atoms with Gasteiger partial charge in [0.25, 0.3) is 0 Å². The number of imidazole rings is 1. The van der Waals surface area contributed by atoms with Gasteiger partial charge in [-0.1, -0.05) is 42.5 Å². The van der Waals surface area contributed by atoms with E-state index in [1.54, 1.807) is 12.5 Å². The molecular formula is C20H22N4O2. The molecule has 0 saturated carbocycles. The van der Waals surface area contributed by atoms with Gasteiger partial charge in [-0.15, -0.1) is 0 Å². The molecule has 3 rings (SSSR count). The van der Waals surface area contributed by atoms with E-state index in [9.17, 15) is 9.59 Å². The van der Waals surface area contributed by atoms with Crippen LogP contribution in [0.1, 0.15) is 12.0 Å². The molecule has 6 nitrogen and oxygen atoms in total. The first-order chi connectivity index (χ1) is 12.7. The Kier molecular flexibility index (Phi) is 5.98. The highest BCUT2D eigenvalue weighted by Gasteiger charge is 2.08. The van der Waals surface area contributed by atoms with E-state index < -0.39 is 0 Å². The number of hydrogen-bond donors (Lipinski definition) is 2. The highest BCUT2D eigenvalue weighted by Crippen LogP contribution is 2.18. The Morgan fingerprint density at radius 3 is 2.69 bits per heavy atom. The van der Waals surface area contributed by atoms with Crippen LogP contribution in [0.2, 0.25) is 0 Å². The van der Waals surface area contributed by atoms with Crippen LogP contribution in [0, 0.1) is 0 Å². The summed E-state index contributed by atoms with van der Waals surface area (Å²) in [6.07, 6.45) is 6.43. The molecule has 3 aromatic rings. The Balaban J connectivity index is 1.40. The molecule has 6 heteroatoms. The molecule has 0 aliphatic carbocycles. The van der Waals surface area contributed by atoms with Crippen LogP contribution in [0.4, 0.5) is 0 Å². The van der Waals surface area contributed by atoms with Gasteiger partial charge in [0.05, 0.1) is 19.3 Å². The molecule has 2 aromatic carbocycles. The van der Waals surface area contributed by atoms with E-state index in [4.69, 9.17) is 0 Å². The number of hydrogen-bond acceptors (Lipinski definition) is 3. The van der Waals surface area contributed by atoms with Crippen LogP contribution in [0.25, 0.3) is 10.8 Å². The summed E-state index contributed by atoms with van der Waals surface area (Å²) < 4.78 is 1.96. The molecule has 0 bridgehead atoms. The largest absolute Gasteiger partial charge is 0.355 e. The number of carbonyl (C=O) groups is 2. The summed E-state index contributed by atoms with van der Waals surface area (Å²) >= 11 is 0. The predicted molar refractivity (Wildman–Crippen MR) is 101 cm³/mol. The average Bonchev–Trinajstić information content (AvgIpc) is 3.17. The van der Waals surface area contributed by atoms with Gasteiger partial charge in [-0.2, -0.15) is 0 Å². The Morgan fingerprint density at radius 2 is 1.85 bits per heavy atom. The van der Waals surface area contributed by atoms with Gasteiger partial charge in [-0.3, -0.25) is 9.59 Å². The highest BCUT2D eigenvalue weighted by atomic mass is 16.2. The zero-order valence-corrected chi connectivity index (χ0v) is 14.5. The Bertz CT molecular complexity index is 869. The van der Waals surface area contributed by atoms with Crippen molar-refractivity contribution in [2.75, 3.05) is 13.1 Å². The van der Waals surface area contributed by atoms with E-state index in [-0.39, 0.29) is 24.8 Å². The number of aryl methyl sites for hydroxylation is 1. The number of benzene rings is 2. The summed E-state index contributed by atoms with van der Waals surface area (Å²) in [5.74, 6) is -0.336. The van der Waals surface area contributed by atoms with Crippen LogP contribution in [-0.2, 0) is 22.6 Å². The van der Waals surface area contributed by atoms with Gasteiger partial charge < -0.3 is 15.2 Å². The Morgan fingerprint density at radius 1 is 1.00 bits per heavy atom. The van der Waals surface area contributed by atoms with Crippen molar-refractivity contribution in [2.24, 2.45) is 0 Å². The molecule has 0 spiro atoms. The van der Waals surface area contributed by atoms with E-state index in [0.29, 0.717) is 6.54 Å². The molecule has 0 fully saturated rings. The third kappa shape index (κ3) is 4.92. The van der Waals surface area contributed by atoms with Crippen LogP contribution < -0.4 is 10.6 Å². The second kappa shape index (κ2) is 8.80. The maximum atomic E-state index is 12.1. The van der Waals surface area contributed by atoms with Crippen LogP contribution in [-0.4, -0.2) is 34.5 Å². The minimum absolute atomic E-state index is 0.00528. The van der Waals surface area contributed by atoms with Crippen molar-refractivity contribution in [1.82, 2.24) is 20.2 Å². The highest BCUT2D eigenvalue weighted by molar-refractivity contribution is 5.91. The summed E-state index contributed by atoms with van der Waals surface area (Å²) in [7, 11) is 0. The second-order valence-corrected chi connectivity index (χ2v) is 6.10. The van der Waals surface area contributed by atoms with Crippen LogP contribution in [0.15, 0.2) is 61.2 Å². The molecule has 26 heavy (non-hydrogen) atoms. The summed E-state index contributed by atoms with van der Waals surface area (Å²) in [5, 5.41) is 7.66. The average molecular weight is 350 g/mol. The number of amides is 2. The standard InChI is InChI=1S/C20H22N4O2/c25-19(13-17-7-3-6-16-5-1-2-8-18(16)17)23-14-20(26)22-9-4-11-24-12-10-21-15-24/h1-3,5-8,10,12,15H,4,9,11,13-14H2,(H,22,26)(H,23,25). The molecule has 0 aliphatic heterocycles. The minimum atomic E-state index is -0.179. The normalized spacial score (nSPS) is 10.6. The summed E-state index contributed by atoms with van der Waals surface area (Å²) in [6.45, 7) is 1.36. The maximum absolute atomic E-state index is 12.1. The van der Waals surface area contributed by atoms with E-state index in [1.165, 1.54) is 0 Å². The first kappa shape index (κ1) is 17.7. The number of fused-ring (bicyclic) bond motifs is 1. The number of aromatic nitrogens is 2. The van der Waals surface area contributed by atoms with E-state index >= 15 is 0 Å². The lowest BCUT2D eigenvalue weighted by molar-refractivity contribution is -0.125. The second-order valence-electron chi connectivity index (χ2n) is 6.10. The topological polar surface area (TPSA) is 76.0 Å². The monoisotopic (exact) mass is 350 g/mol. The molecule has 134 valence electrons. The molecule has 1 heterocycles. The van der Waals surface area contributed by atoms with Crippen LogP contribution in [0.5, 0.6) is 0 Å². The molecule has 0 unspecified atom stereocenters. The van der Waals surface area contributed by atoms with Gasteiger partial charge in [0, 0.05) is 25.5 Å².